The van der Waals surface area contributed by atoms with Gasteiger partial charge in [-0.1, -0.05) is 199 Å². The highest BCUT2D eigenvalue weighted by Crippen LogP contribution is 2.16. The number of nitrogens with one attached hydrogen (secondary N) is 1. The van der Waals surface area contributed by atoms with Gasteiger partial charge in [0.05, 0.1) is 18.8 Å². The first-order valence-corrected chi connectivity index (χ1v) is 19.4. The van der Waals surface area contributed by atoms with Crippen LogP contribution in [0.4, 0.5) is 0 Å². The van der Waals surface area contributed by atoms with Gasteiger partial charge >= 0.3 is 0 Å². The topological polar surface area (TPSA) is 69.6 Å². The summed E-state index contributed by atoms with van der Waals surface area (Å²) < 4.78 is 0. The van der Waals surface area contributed by atoms with Gasteiger partial charge in [-0.15, -0.1) is 0 Å². The van der Waals surface area contributed by atoms with Crippen LogP contribution >= 0.6 is 0 Å². The molecule has 0 aliphatic heterocycles. The molecule has 256 valence electrons. The van der Waals surface area contributed by atoms with Crippen molar-refractivity contribution in [3.8, 4) is 0 Å². The first-order valence-electron chi connectivity index (χ1n) is 19.4. The van der Waals surface area contributed by atoms with Crippen molar-refractivity contribution in [1.82, 2.24) is 5.32 Å². The molecule has 0 saturated carbocycles. The molecule has 0 aromatic heterocycles. The predicted octanol–water partition coefficient (Wildman–Crippen LogP) is 11.5. The molecule has 2 atom stereocenters. The number of rotatable bonds is 35. The van der Waals surface area contributed by atoms with Crippen LogP contribution in [0.15, 0.2) is 12.2 Å². The van der Waals surface area contributed by atoms with Crippen molar-refractivity contribution >= 4 is 5.91 Å². The van der Waals surface area contributed by atoms with Crippen LogP contribution in [0.1, 0.15) is 213 Å². The minimum atomic E-state index is -0.830. The molecule has 0 aromatic carbocycles. The maximum atomic E-state index is 12.0. The van der Waals surface area contributed by atoms with Gasteiger partial charge < -0.3 is 15.5 Å². The Morgan fingerprint density at radius 2 is 0.860 bits per heavy atom. The number of carbonyl (C=O) groups is 1. The summed E-state index contributed by atoms with van der Waals surface area (Å²) in [5.74, 6) is -0.0807. The standard InChI is InChI=1S/C39H77NO3/c1-3-5-7-9-10-11-12-13-14-15-16-17-18-19-20-21-22-23-24-25-26-27-28-29-30-31-32-34-38(42)37(36-41)40-39(43)35-33-8-6-4-2/h32,34,37-38,41-42H,3-31,33,35-36H2,1-2H3,(H,40,43)/b34-32+. The van der Waals surface area contributed by atoms with Gasteiger partial charge in [-0.3, -0.25) is 4.79 Å². The van der Waals surface area contributed by atoms with Crippen LogP contribution in [-0.4, -0.2) is 34.9 Å². The molecule has 43 heavy (non-hydrogen) atoms. The SMILES string of the molecule is CCCCCCCCCCCCCCCCCCCCCCCCCCC/C=C/C(O)C(CO)NC(=O)CCCCCC. The highest BCUT2D eigenvalue weighted by molar-refractivity contribution is 5.76. The third-order valence-electron chi connectivity index (χ3n) is 9.02. The van der Waals surface area contributed by atoms with Crippen LogP contribution in [0.3, 0.4) is 0 Å². The summed E-state index contributed by atoms with van der Waals surface area (Å²) in [6.45, 7) is 4.20. The lowest BCUT2D eigenvalue weighted by Crippen LogP contribution is -2.45. The molecule has 4 nitrogen and oxygen atoms in total. The summed E-state index contributed by atoms with van der Waals surface area (Å²) in [7, 11) is 0. The van der Waals surface area contributed by atoms with Gasteiger partial charge in [0.15, 0.2) is 0 Å². The molecular formula is C39H77NO3. The molecule has 3 N–H and O–H groups in total. The van der Waals surface area contributed by atoms with Gasteiger partial charge in [-0.2, -0.15) is 0 Å². The van der Waals surface area contributed by atoms with E-state index < -0.39 is 12.1 Å². The van der Waals surface area contributed by atoms with Crippen molar-refractivity contribution in [3.05, 3.63) is 12.2 Å². The molecule has 0 bridgehead atoms. The van der Waals surface area contributed by atoms with E-state index in [0.29, 0.717) is 6.42 Å². The average molecular weight is 608 g/mol. The summed E-state index contributed by atoms with van der Waals surface area (Å²) in [4.78, 5) is 12.0. The Bertz CT molecular complexity index is 579. The molecule has 4 heteroatoms. The van der Waals surface area contributed by atoms with E-state index in [0.717, 1.165) is 38.5 Å². The largest absolute Gasteiger partial charge is 0.394 e. The lowest BCUT2D eigenvalue weighted by Gasteiger charge is -2.19. The summed E-state index contributed by atoms with van der Waals surface area (Å²) in [6, 6.07) is -0.612. The fourth-order valence-electron chi connectivity index (χ4n) is 6.00. The van der Waals surface area contributed by atoms with E-state index in [4.69, 9.17) is 0 Å². The van der Waals surface area contributed by atoms with Crippen molar-refractivity contribution < 1.29 is 15.0 Å². The lowest BCUT2D eigenvalue weighted by molar-refractivity contribution is -0.123. The van der Waals surface area contributed by atoms with Gasteiger partial charge in [0.1, 0.15) is 0 Å². The summed E-state index contributed by atoms with van der Waals surface area (Å²) in [5.41, 5.74) is 0. The van der Waals surface area contributed by atoms with E-state index in [2.05, 4.69) is 19.2 Å². The van der Waals surface area contributed by atoms with E-state index in [1.165, 1.54) is 154 Å². The fraction of sp³-hybridized carbons (Fsp3) is 0.923. The third kappa shape index (κ3) is 32.3. The lowest BCUT2D eigenvalue weighted by atomic mass is 10.0. The van der Waals surface area contributed by atoms with Crippen LogP contribution in [0, 0.1) is 0 Å². The van der Waals surface area contributed by atoms with Crippen LogP contribution < -0.4 is 5.32 Å². The van der Waals surface area contributed by atoms with Gasteiger partial charge in [0.25, 0.3) is 0 Å². The van der Waals surface area contributed by atoms with Crippen LogP contribution in [0.2, 0.25) is 0 Å². The number of carbonyl (C=O) groups excluding carboxylic acids is 1. The minimum Gasteiger partial charge on any atom is -0.394 e. The number of unbranched alkanes of at least 4 members (excludes halogenated alkanes) is 28. The molecule has 0 fully saturated rings. The Morgan fingerprint density at radius 3 is 1.21 bits per heavy atom. The summed E-state index contributed by atoms with van der Waals surface area (Å²) >= 11 is 0. The number of amides is 1. The molecule has 0 spiro atoms. The van der Waals surface area contributed by atoms with Crippen LogP contribution in [0.5, 0.6) is 0 Å². The van der Waals surface area contributed by atoms with Crippen molar-refractivity contribution in [1.29, 1.82) is 0 Å². The van der Waals surface area contributed by atoms with Gasteiger partial charge in [0.2, 0.25) is 5.91 Å². The van der Waals surface area contributed by atoms with Crippen LogP contribution in [-0.2, 0) is 4.79 Å². The van der Waals surface area contributed by atoms with E-state index in [-0.39, 0.29) is 12.5 Å². The normalized spacial score (nSPS) is 13.1. The maximum absolute atomic E-state index is 12.0. The highest BCUT2D eigenvalue weighted by atomic mass is 16.3. The third-order valence-corrected chi connectivity index (χ3v) is 9.02. The zero-order valence-corrected chi connectivity index (χ0v) is 29.2. The number of aliphatic hydroxyl groups excluding tert-OH is 2. The number of hydrogen-bond acceptors (Lipinski definition) is 3. The van der Waals surface area contributed by atoms with Gasteiger partial charge in [-0.25, -0.2) is 0 Å². The smallest absolute Gasteiger partial charge is 0.220 e. The average Bonchev–Trinajstić information content (AvgIpc) is 3.01. The summed E-state index contributed by atoms with van der Waals surface area (Å²) in [5, 5.41) is 22.6. The van der Waals surface area contributed by atoms with E-state index >= 15 is 0 Å². The second kappa shape index (κ2) is 35.6. The first kappa shape index (κ1) is 42.1. The number of aliphatic hydroxyl groups is 2. The highest BCUT2D eigenvalue weighted by Gasteiger charge is 2.17. The minimum absolute atomic E-state index is 0.0807. The Kier molecular flexibility index (Phi) is 34.9. The van der Waals surface area contributed by atoms with Crippen molar-refractivity contribution in [2.24, 2.45) is 0 Å². The monoisotopic (exact) mass is 608 g/mol. The summed E-state index contributed by atoms with van der Waals surface area (Å²) in [6.07, 6.45) is 43.7. The second-order valence-corrected chi connectivity index (χ2v) is 13.4. The number of allylic oxidation sites excluding steroid dienone is 1. The van der Waals surface area contributed by atoms with E-state index in [1.807, 2.05) is 6.08 Å². The van der Waals surface area contributed by atoms with Crippen molar-refractivity contribution in [2.75, 3.05) is 6.61 Å². The molecule has 0 rings (SSSR count). The Labute approximate surface area is 269 Å². The number of hydrogen-bond donors (Lipinski definition) is 3. The molecule has 0 aliphatic rings. The molecule has 0 saturated heterocycles. The zero-order valence-electron chi connectivity index (χ0n) is 29.2. The molecular weight excluding hydrogens is 530 g/mol. The first-order chi connectivity index (χ1) is 21.2. The second-order valence-electron chi connectivity index (χ2n) is 13.4. The van der Waals surface area contributed by atoms with Gasteiger partial charge in [0, 0.05) is 6.42 Å². The molecule has 1 amide bonds. The Morgan fingerprint density at radius 1 is 0.535 bits per heavy atom. The molecule has 0 aliphatic carbocycles. The predicted molar refractivity (Wildman–Crippen MR) is 189 cm³/mol. The van der Waals surface area contributed by atoms with Crippen molar-refractivity contribution in [2.45, 2.75) is 225 Å². The Hall–Kier alpha value is -0.870. The van der Waals surface area contributed by atoms with E-state index in [1.54, 1.807) is 6.08 Å². The van der Waals surface area contributed by atoms with Gasteiger partial charge in [-0.05, 0) is 19.3 Å². The quantitative estimate of drug-likeness (QED) is 0.0496. The zero-order chi connectivity index (χ0) is 31.5. The fourth-order valence-corrected chi connectivity index (χ4v) is 6.00. The Balaban J connectivity index is 3.37. The van der Waals surface area contributed by atoms with Crippen LogP contribution in [0.25, 0.3) is 0 Å². The maximum Gasteiger partial charge on any atom is 0.220 e. The molecule has 2 unspecified atom stereocenters. The molecule has 0 radical (unpaired) electrons. The van der Waals surface area contributed by atoms with E-state index in [9.17, 15) is 15.0 Å². The van der Waals surface area contributed by atoms with Crippen molar-refractivity contribution in [3.63, 3.8) is 0 Å². The molecule has 0 heterocycles. The molecule has 0 aromatic rings.